The molecule has 1 aromatic carbocycles. The molecular formula is C15H18ClN3O. The van der Waals surface area contributed by atoms with Gasteiger partial charge in [0.05, 0.1) is 10.7 Å². The van der Waals surface area contributed by atoms with E-state index in [2.05, 4.69) is 17.1 Å². The van der Waals surface area contributed by atoms with Gasteiger partial charge in [-0.15, -0.1) is 0 Å². The lowest BCUT2D eigenvalue weighted by atomic mass is 9.83. The fraction of sp³-hybridized carbons (Fsp3) is 0.467. The smallest absolute Gasteiger partial charge is 0.257 e. The Morgan fingerprint density at radius 1 is 1.25 bits per heavy atom. The zero-order valence-electron chi connectivity index (χ0n) is 11.5. The van der Waals surface area contributed by atoms with Crippen molar-refractivity contribution in [3.05, 3.63) is 29.0 Å². The second kappa shape index (κ2) is 5.44. The maximum atomic E-state index is 6.02. The summed E-state index contributed by atoms with van der Waals surface area (Å²) < 4.78 is 5.37. The summed E-state index contributed by atoms with van der Waals surface area (Å²) in [5.74, 6) is 2.57. The van der Waals surface area contributed by atoms with Crippen LogP contribution in [0.25, 0.3) is 11.5 Å². The molecule has 5 heteroatoms. The van der Waals surface area contributed by atoms with Crippen LogP contribution in [-0.2, 0) is 0 Å². The molecule has 0 aliphatic heterocycles. The van der Waals surface area contributed by atoms with Gasteiger partial charge in [0.1, 0.15) is 0 Å². The van der Waals surface area contributed by atoms with Gasteiger partial charge in [0.25, 0.3) is 5.89 Å². The van der Waals surface area contributed by atoms with Crippen LogP contribution in [0.4, 0.5) is 5.69 Å². The highest BCUT2D eigenvalue weighted by atomic mass is 35.5. The quantitative estimate of drug-likeness (QED) is 0.839. The second-order valence-electron chi connectivity index (χ2n) is 5.65. The van der Waals surface area contributed by atoms with Gasteiger partial charge in [0.15, 0.2) is 5.82 Å². The summed E-state index contributed by atoms with van der Waals surface area (Å²) in [5, 5.41) is 4.64. The average Bonchev–Trinajstić information content (AvgIpc) is 2.92. The molecular weight excluding hydrogens is 274 g/mol. The van der Waals surface area contributed by atoms with Gasteiger partial charge in [-0.25, -0.2) is 0 Å². The molecule has 20 heavy (non-hydrogen) atoms. The first kappa shape index (κ1) is 13.4. The first-order chi connectivity index (χ1) is 9.63. The van der Waals surface area contributed by atoms with Crippen molar-refractivity contribution in [2.24, 2.45) is 5.92 Å². The molecule has 0 radical (unpaired) electrons. The van der Waals surface area contributed by atoms with Crippen LogP contribution in [0, 0.1) is 5.92 Å². The topological polar surface area (TPSA) is 64.9 Å². The maximum Gasteiger partial charge on any atom is 0.257 e. The van der Waals surface area contributed by atoms with E-state index in [1.807, 2.05) is 6.07 Å². The minimum absolute atomic E-state index is 0.424. The van der Waals surface area contributed by atoms with Gasteiger partial charge in [0, 0.05) is 11.5 Å². The number of anilines is 1. The Morgan fingerprint density at radius 3 is 2.70 bits per heavy atom. The summed E-state index contributed by atoms with van der Waals surface area (Å²) in [7, 11) is 0. The van der Waals surface area contributed by atoms with Crippen molar-refractivity contribution in [1.29, 1.82) is 0 Å². The Kier molecular flexibility index (Phi) is 3.66. The predicted octanol–water partition coefficient (Wildman–Crippen LogP) is 4.27. The number of hydrogen-bond donors (Lipinski definition) is 1. The second-order valence-corrected chi connectivity index (χ2v) is 6.06. The van der Waals surface area contributed by atoms with Gasteiger partial charge in [-0.3, -0.25) is 0 Å². The number of aromatic nitrogens is 2. The zero-order chi connectivity index (χ0) is 14.1. The highest BCUT2D eigenvalue weighted by molar-refractivity contribution is 6.33. The van der Waals surface area contributed by atoms with Crippen molar-refractivity contribution in [3.63, 3.8) is 0 Å². The van der Waals surface area contributed by atoms with Gasteiger partial charge in [-0.2, -0.15) is 4.98 Å². The Bertz CT molecular complexity index is 603. The van der Waals surface area contributed by atoms with E-state index < -0.39 is 0 Å². The molecule has 0 saturated heterocycles. The molecule has 0 spiro atoms. The SMILES string of the molecule is CC1CCC(c2noc(-c3ccc(N)c(Cl)c3)n2)CC1. The van der Waals surface area contributed by atoms with Gasteiger partial charge in [-0.1, -0.05) is 36.5 Å². The van der Waals surface area contributed by atoms with Crippen molar-refractivity contribution >= 4 is 17.3 Å². The molecule has 2 N–H and O–H groups in total. The van der Waals surface area contributed by atoms with E-state index in [9.17, 15) is 0 Å². The molecule has 4 nitrogen and oxygen atoms in total. The number of nitrogen functional groups attached to an aromatic ring is 1. The van der Waals surface area contributed by atoms with E-state index in [0.29, 0.717) is 22.5 Å². The van der Waals surface area contributed by atoms with E-state index >= 15 is 0 Å². The zero-order valence-corrected chi connectivity index (χ0v) is 12.2. The molecule has 1 aliphatic rings. The normalized spacial score (nSPS) is 22.9. The van der Waals surface area contributed by atoms with Crippen molar-refractivity contribution in [2.75, 3.05) is 5.73 Å². The first-order valence-electron chi connectivity index (χ1n) is 7.02. The predicted molar refractivity (Wildman–Crippen MR) is 79.5 cm³/mol. The van der Waals surface area contributed by atoms with Crippen LogP contribution >= 0.6 is 11.6 Å². The van der Waals surface area contributed by atoms with E-state index in [4.69, 9.17) is 21.9 Å². The summed E-state index contributed by atoms with van der Waals surface area (Å²) in [4.78, 5) is 4.52. The molecule has 2 aromatic rings. The van der Waals surface area contributed by atoms with Crippen molar-refractivity contribution in [1.82, 2.24) is 10.1 Å². The molecule has 1 saturated carbocycles. The van der Waals surface area contributed by atoms with Gasteiger partial charge in [0.2, 0.25) is 0 Å². The highest BCUT2D eigenvalue weighted by Crippen LogP contribution is 2.35. The number of rotatable bonds is 2. The van der Waals surface area contributed by atoms with E-state index in [1.165, 1.54) is 12.8 Å². The first-order valence-corrected chi connectivity index (χ1v) is 7.40. The van der Waals surface area contributed by atoms with Gasteiger partial charge < -0.3 is 10.3 Å². The van der Waals surface area contributed by atoms with Crippen LogP contribution in [0.15, 0.2) is 22.7 Å². The van der Waals surface area contributed by atoms with Crippen LogP contribution in [0.2, 0.25) is 5.02 Å². The molecule has 0 amide bonds. The van der Waals surface area contributed by atoms with Crippen LogP contribution in [0.1, 0.15) is 44.3 Å². The molecule has 106 valence electrons. The molecule has 1 aliphatic carbocycles. The molecule has 1 aromatic heterocycles. The minimum atomic E-state index is 0.424. The number of nitrogens with zero attached hydrogens (tertiary/aromatic N) is 2. The molecule has 0 bridgehead atoms. The van der Waals surface area contributed by atoms with Crippen LogP contribution in [0.3, 0.4) is 0 Å². The lowest BCUT2D eigenvalue weighted by Gasteiger charge is -2.23. The lowest BCUT2D eigenvalue weighted by molar-refractivity contribution is 0.329. The molecule has 0 unspecified atom stereocenters. The van der Waals surface area contributed by atoms with Crippen LogP contribution < -0.4 is 5.73 Å². The Morgan fingerprint density at radius 2 is 2.00 bits per heavy atom. The monoisotopic (exact) mass is 291 g/mol. The average molecular weight is 292 g/mol. The number of benzene rings is 1. The third-order valence-electron chi connectivity index (χ3n) is 4.07. The Balaban J connectivity index is 1.81. The Labute approximate surface area is 123 Å². The summed E-state index contributed by atoms with van der Waals surface area (Å²) in [5.41, 5.74) is 7.07. The Hall–Kier alpha value is -1.55. The lowest BCUT2D eigenvalue weighted by Crippen LogP contribution is -2.11. The summed E-state index contributed by atoms with van der Waals surface area (Å²) in [6, 6.07) is 5.36. The highest BCUT2D eigenvalue weighted by Gasteiger charge is 2.24. The van der Waals surface area contributed by atoms with Crippen molar-refractivity contribution in [2.45, 2.75) is 38.5 Å². The number of halogens is 1. The molecule has 3 rings (SSSR count). The molecule has 1 fully saturated rings. The maximum absolute atomic E-state index is 6.02. The number of hydrogen-bond acceptors (Lipinski definition) is 4. The van der Waals surface area contributed by atoms with Crippen molar-refractivity contribution in [3.8, 4) is 11.5 Å². The standard InChI is InChI=1S/C15H18ClN3O/c1-9-2-4-10(5-3-9)14-18-15(20-19-14)11-6-7-13(17)12(16)8-11/h6-10H,2-5,17H2,1H3. The summed E-state index contributed by atoms with van der Waals surface area (Å²) in [6.07, 6.45) is 4.76. The minimum Gasteiger partial charge on any atom is -0.398 e. The largest absolute Gasteiger partial charge is 0.398 e. The van der Waals surface area contributed by atoms with Gasteiger partial charge >= 0.3 is 0 Å². The van der Waals surface area contributed by atoms with Crippen molar-refractivity contribution < 1.29 is 4.52 Å². The van der Waals surface area contributed by atoms with E-state index in [0.717, 1.165) is 30.1 Å². The molecule has 0 atom stereocenters. The van der Waals surface area contributed by atoms with E-state index in [-0.39, 0.29) is 0 Å². The van der Waals surface area contributed by atoms with Crippen LogP contribution in [-0.4, -0.2) is 10.1 Å². The fourth-order valence-electron chi connectivity index (χ4n) is 2.70. The van der Waals surface area contributed by atoms with Gasteiger partial charge in [-0.05, 0) is 37.0 Å². The third kappa shape index (κ3) is 2.66. The summed E-state index contributed by atoms with van der Waals surface area (Å²) in [6.45, 7) is 2.30. The fourth-order valence-corrected chi connectivity index (χ4v) is 2.88. The van der Waals surface area contributed by atoms with E-state index in [1.54, 1.807) is 12.1 Å². The third-order valence-corrected chi connectivity index (χ3v) is 4.40. The molecule has 1 heterocycles. The van der Waals surface area contributed by atoms with Crippen LogP contribution in [0.5, 0.6) is 0 Å². The summed E-state index contributed by atoms with van der Waals surface area (Å²) >= 11 is 6.02. The number of nitrogens with two attached hydrogens (primary N) is 1.